The standard InChI is InChI=1S/C25H28N4O2/c1-16(29-25(31)22-14-20(15-28-22)18-5-3-2-4-6-18)23(30)10-8-17-7-9-21-19(13-17)11-12-27-24(21)26/h2-7,9,11-13,16,20,22,28H,8,10,14-15H2,1H3,(H2,26,27)(H,29,31)/t16-,20+,22+/m0/s1. The van der Waals surface area contributed by atoms with Crippen LogP contribution in [0.2, 0.25) is 0 Å². The number of aryl methyl sites for hydroxylation is 1. The highest BCUT2D eigenvalue weighted by Crippen LogP contribution is 2.25. The van der Waals surface area contributed by atoms with Crippen molar-refractivity contribution in [1.82, 2.24) is 15.6 Å². The van der Waals surface area contributed by atoms with Gasteiger partial charge in [-0.05, 0) is 48.3 Å². The molecular weight excluding hydrogens is 388 g/mol. The number of carbonyl (C=O) groups excluding carboxylic acids is 2. The Morgan fingerprint density at radius 1 is 1.19 bits per heavy atom. The van der Waals surface area contributed by atoms with Gasteiger partial charge in [0.2, 0.25) is 5.91 Å². The van der Waals surface area contributed by atoms with Crippen molar-refractivity contribution in [2.45, 2.75) is 44.2 Å². The molecule has 3 atom stereocenters. The molecular formula is C25H28N4O2. The number of carbonyl (C=O) groups is 2. The monoisotopic (exact) mass is 416 g/mol. The fourth-order valence-corrected chi connectivity index (χ4v) is 4.20. The van der Waals surface area contributed by atoms with Gasteiger partial charge in [-0.15, -0.1) is 0 Å². The first-order valence-electron chi connectivity index (χ1n) is 10.8. The Morgan fingerprint density at radius 2 is 2.00 bits per heavy atom. The first-order chi connectivity index (χ1) is 15.0. The lowest BCUT2D eigenvalue weighted by molar-refractivity contribution is -0.128. The minimum atomic E-state index is -0.509. The van der Waals surface area contributed by atoms with E-state index in [0.29, 0.717) is 24.6 Å². The van der Waals surface area contributed by atoms with Crippen molar-refractivity contribution in [3.8, 4) is 0 Å². The normalized spacial score (nSPS) is 19.3. The lowest BCUT2D eigenvalue weighted by Gasteiger charge is -2.17. The van der Waals surface area contributed by atoms with Crippen LogP contribution in [0.4, 0.5) is 5.82 Å². The summed E-state index contributed by atoms with van der Waals surface area (Å²) in [4.78, 5) is 29.3. The molecule has 3 aromatic rings. The predicted molar refractivity (Wildman–Crippen MR) is 123 cm³/mol. The zero-order valence-corrected chi connectivity index (χ0v) is 17.7. The fourth-order valence-electron chi connectivity index (χ4n) is 4.20. The van der Waals surface area contributed by atoms with Crippen LogP contribution >= 0.6 is 0 Å². The van der Waals surface area contributed by atoms with Crippen LogP contribution in [0.5, 0.6) is 0 Å². The van der Waals surface area contributed by atoms with Crippen molar-refractivity contribution in [1.29, 1.82) is 0 Å². The van der Waals surface area contributed by atoms with E-state index in [-0.39, 0.29) is 17.7 Å². The summed E-state index contributed by atoms with van der Waals surface area (Å²) in [7, 11) is 0. The number of aromatic nitrogens is 1. The fraction of sp³-hybridized carbons (Fsp3) is 0.320. The molecule has 0 radical (unpaired) electrons. The maximum atomic E-state index is 12.6. The summed E-state index contributed by atoms with van der Waals surface area (Å²) in [5, 5.41) is 8.11. The maximum Gasteiger partial charge on any atom is 0.237 e. The summed E-state index contributed by atoms with van der Waals surface area (Å²) in [5.41, 5.74) is 8.20. The molecule has 1 aliphatic rings. The molecule has 0 saturated carbocycles. The van der Waals surface area contributed by atoms with Crippen LogP contribution in [0.15, 0.2) is 60.8 Å². The quantitative estimate of drug-likeness (QED) is 0.550. The molecule has 0 aliphatic carbocycles. The second kappa shape index (κ2) is 9.27. The lowest BCUT2D eigenvalue weighted by atomic mass is 9.96. The zero-order chi connectivity index (χ0) is 21.8. The number of Topliss-reactive ketones (excluding diaryl/α,β-unsaturated/α-hetero) is 1. The topological polar surface area (TPSA) is 97.1 Å². The zero-order valence-electron chi connectivity index (χ0n) is 17.7. The van der Waals surface area contributed by atoms with Crippen LogP contribution in [0, 0.1) is 0 Å². The number of nitrogen functional groups attached to an aromatic ring is 1. The third kappa shape index (κ3) is 4.91. The van der Waals surface area contributed by atoms with E-state index in [4.69, 9.17) is 5.73 Å². The van der Waals surface area contributed by atoms with Crippen LogP contribution in [-0.4, -0.2) is 35.3 Å². The van der Waals surface area contributed by atoms with E-state index in [0.717, 1.165) is 29.3 Å². The van der Waals surface area contributed by atoms with Crippen LogP contribution in [-0.2, 0) is 16.0 Å². The van der Waals surface area contributed by atoms with Gasteiger partial charge >= 0.3 is 0 Å². The summed E-state index contributed by atoms with van der Waals surface area (Å²) in [6.45, 7) is 2.53. The number of hydrogen-bond acceptors (Lipinski definition) is 5. The lowest BCUT2D eigenvalue weighted by Crippen LogP contribution is -2.47. The number of benzene rings is 2. The summed E-state index contributed by atoms with van der Waals surface area (Å²) < 4.78 is 0. The van der Waals surface area contributed by atoms with Gasteiger partial charge in [0.15, 0.2) is 5.78 Å². The molecule has 0 spiro atoms. The van der Waals surface area contributed by atoms with E-state index in [9.17, 15) is 9.59 Å². The average molecular weight is 417 g/mol. The molecule has 0 unspecified atom stereocenters. The molecule has 4 N–H and O–H groups in total. The molecule has 31 heavy (non-hydrogen) atoms. The second-order valence-electron chi connectivity index (χ2n) is 8.25. The number of pyridine rings is 1. The number of fused-ring (bicyclic) bond motifs is 1. The van der Waals surface area contributed by atoms with Gasteiger partial charge in [0.1, 0.15) is 5.82 Å². The number of anilines is 1. The Bertz CT molecular complexity index is 1080. The Morgan fingerprint density at radius 3 is 2.81 bits per heavy atom. The van der Waals surface area contributed by atoms with Gasteiger partial charge in [0.05, 0.1) is 12.1 Å². The highest BCUT2D eigenvalue weighted by molar-refractivity contribution is 5.92. The smallest absolute Gasteiger partial charge is 0.237 e. The Kier molecular flexibility index (Phi) is 6.28. The largest absolute Gasteiger partial charge is 0.383 e. The third-order valence-corrected chi connectivity index (χ3v) is 6.08. The van der Waals surface area contributed by atoms with Gasteiger partial charge in [0, 0.05) is 24.5 Å². The first-order valence-corrected chi connectivity index (χ1v) is 10.8. The van der Waals surface area contributed by atoms with Crippen LogP contribution in [0.1, 0.15) is 36.8 Å². The number of rotatable bonds is 7. The van der Waals surface area contributed by atoms with Gasteiger partial charge in [-0.25, -0.2) is 4.98 Å². The molecule has 2 aromatic carbocycles. The molecule has 1 fully saturated rings. The molecule has 1 amide bonds. The molecule has 4 rings (SSSR count). The van der Waals surface area contributed by atoms with E-state index < -0.39 is 6.04 Å². The minimum Gasteiger partial charge on any atom is -0.383 e. The Balaban J connectivity index is 1.28. The molecule has 160 valence electrons. The van der Waals surface area contributed by atoms with E-state index in [1.165, 1.54) is 5.56 Å². The average Bonchev–Trinajstić information content (AvgIpc) is 3.28. The Hall–Kier alpha value is -3.25. The SMILES string of the molecule is C[C@H](NC(=O)[C@H]1C[C@@H](c2ccccc2)CN1)C(=O)CCc1ccc2c(N)nccc2c1. The van der Waals surface area contributed by atoms with Gasteiger partial charge in [-0.3, -0.25) is 9.59 Å². The van der Waals surface area contributed by atoms with Crippen molar-refractivity contribution in [2.75, 3.05) is 12.3 Å². The van der Waals surface area contributed by atoms with Crippen LogP contribution < -0.4 is 16.4 Å². The predicted octanol–water partition coefficient (Wildman–Crippen LogP) is 2.97. The number of nitrogens with one attached hydrogen (secondary N) is 2. The molecule has 1 aliphatic heterocycles. The van der Waals surface area contributed by atoms with Gasteiger partial charge in [-0.1, -0.05) is 48.5 Å². The number of nitrogens with zero attached hydrogens (tertiary/aromatic N) is 1. The summed E-state index contributed by atoms with van der Waals surface area (Å²) in [5.74, 6) is 0.750. The van der Waals surface area contributed by atoms with Gasteiger partial charge in [0.25, 0.3) is 0 Å². The van der Waals surface area contributed by atoms with Crippen molar-refractivity contribution in [2.24, 2.45) is 0 Å². The molecule has 1 saturated heterocycles. The highest BCUT2D eigenvalue weighted by atomic mass is 16.2. The molecule has 1 aromatic heterocycles. The summed E-state index contributed by atoms with van der Waals surface area (Å²) >= 11 is 0. The van der Waals surface area contributed by atoms with Crippen LogP contribution in [0.25, 0.3) is 10.8 Å². The van der Waals surface area contributed by atoms with E-state index >= 15 is 0 Å². The Labute approximate surface area is 182 Å². The molecule has 2 heterocycles. The van der Waals surface area contributed by atoms with Crippen molar-refractivity contribution < 1.29 is 9.59 Å². The van der Waals surface area contributed by atoms with E-state index in [1.807, 2.05) is 42.5 Å². The molecule has 6 nitrogen and oxygen atoms in total. The number of ketones is 1. The number of amides is 1. The minimum absolute atomic E-state index is 0.0281. The number of hydrogen-bond donors (Lipinski definition) is 3. The van der Waals surface area contributed by atoms with Crippen molar-refractivity contribution >= 4 is 28.3 Å². The van der Waals surface area contributed by atoms with Gasteiger partial charge < -0.3 is 16.4 Å². The van der Waals surface area contributed by atoms with Gasteiger partial charge in [-0.2, -0.15) is 0 Å². The van der Waals surface area contributed by atoms with Crippen LogP contribution in [0.3, 0.4) is 0 Å². The second-order valence-corrected chi connectivity index (χ2v) is 8.25. The van der Waals surface area contributed by atoms with Crippen molar-refractivity contribution in [3.05, 3.63) is 71.9 Å². The molecule has 0 bridgehead atoms. The summed E-state index contributed by atoms with van der Waals surface area (Å²) in [6, 6.07) is 17.3. The highest BCUT2D eigenvalue weighted by Gasteiger charge is 2.31. The summed E-state index contributed by atoms with van der Waals surface area (Å²) in [6.07, 6.45) is 3.42. The van der Waals surface area contributed by atoms with Crippen molar-refractivity contribution in [3.63, 3.8) is 0 Å². The molecule has 6 heteroatoms. The number of nitrogens with two attached hydrogens (primary N) is 1. The third-order valence-electron chi connectivity index (χ3n) is 6.08. The first kappa shape index (κ1) is 21.0. The van der Waals surface area contributed by atoms with E-state index in [1.54, 1.807) is 13.1 Å². The van der Waals surface area contributed by atoms with E-state index in [2.05, 4.69) is 27.8 Å². The maximum absolute atomic E-state index is 12.6.